The second kappa shape index (κ2) is 4.35. The van der Waals surface area contributed by atoms with Crippen LogP contribution in [0.1, 0.15) is 18.6 Å². The normalized spacial score (nSPS) is 15.6. The van der Waals surface area contributed by atoms with Crippen molar-refractivity contribution in [3.8, 4) is 10.4 Å². The zero-order chi connectivity index (χ0) is 11.0. The van der Waals surface area contributed by atoms with Crippen molar-refractivity contribution < 1.29 is 4.42 Å². The summed E-state index contributed by atoms with van der Waals surface area (Å²) in [5, 5.41) is 5.56. The molecule has 0 saturated heterocycles. The predicted molar refractivity (Wildman–Crippen MR) is 69.6 cm³/mol. The number of thiophene rings is 1. The Labute approximate surface area is 107 Å². The van der Waals surface area contributed by atoms with Crippen LogP contribution in [-0.4, -0.2) is 6.04 Å². The molecule has 1 fully saturated rings. The van der Waals surface area contributed by atoms with Gasteiger partial charge in [-0.3, -0.25) is 0 Å². The molecule has 16 heavy (non-hydrogen) atoms. The molecule has 0 aromatic carbocycles. The molecule has 2 heterocycles. The van der Waals surface area contributed by atoms with E-state index >= 15 is 0 Å². The summed E-state index contributed by atoms with van der Waals surface area (Å²) in [5.41, 5.74) is 1.20. The molecular formula is C12H12BrNOS. The molecule has 84 valence electrons. The second-order valence-electron chi connectivity index (χ2n) is 4.01. The SMILES string of the molecule is Brc1ccsc1-c1ccoc1CNC1CC1. The Balaban J connectivity index is 1.83. The van der Waals surface area contributed by atoms with Gasteiger partial charge in [-0.15, -0.1) is 11.3 Å². The standard InChI is InChI=1S/C12H12BrNOS/c13-10-4-6-16-12(10)9-3-5-15-11(9)7-14-8-1-2-8/h3-6,8,14H,1-2,7H2. The van der Waals surface area contributed by atoms with E-state index in [1.54, 1.807) is 17.6 Å². The zero-order valence-corrected chi connectivity index (χ0v) is 11.1. The van der Waals surface area contributed by atoms with Crippen LogP contribution in [0.3, 0.4) is 0 Å². The number of halogens is 1. The average Bonchev–Trinajstić information content (AvgIpc) is 2.83. The molecule has 0 atom stereocenters. The van der Waals surface area contributed by atoms with Crippen LogP contribution in [0.15, 0.2) is 32.7 Å². The predicted octanol–water partition coefficient (Wildman–Crippen LogP) is 4.02. The first kappa shape index (κ1) is 10.6. The van der Waals surface area contributed by atoms with Crippen molar-refractivity contribution >= 4 is 27.3 Å². The van der Waals surface area contributed by atoms with Gasteiger partial charge in [-0.2, -0.15) is 0 Å². The van der Waals surface area contributed by atoms with Crippen LogP contribution in [0.25, 0.3) is 10.4 Å². The van der Waals surface area contributed by atoms with Crippen molar-refractivity contribution in [2.24, 2.45) is 0 Å². The van der Waals surface area contributed by atoms with Gasteiger partial charge >= 0.3 is 0 Å². The van der Waals surface area contributed by atoms with E-state index < -0.39 is 0 Å². The van der Waals surface area contributed by atoms with Crippen molar-refractivity contribution in [3.05, 3.63) is 34.0 Å². The monoisotopic (exact) mass is 297 g/mol. The number of hydrogen-bond acceptors (Lipinski definition) is 3. The van der Waals surface area contributed by atoms with Gasteiger partial charge < -0.3 is 9.73 Å². The summed E-state index contributed by atoms with van der Waals surface area (Å²) >= 11 is 5.30. The van der Waals surface area contributed by atoms with E-state index in [-0.39, 0.29) is 0 Å². The van der Waals surface area contributed by atoms with Gasteiger partial charge in [0.15, 0.2) is 0 Å². The summed E-state index contributed by atoms with van der Waals surface area (Å²) in [7, 11) is 0. The Kier molecular flexibility index (Phi) is 2.88. The van der Waals surface area contributed by atoms with E-state index in [9.17, 15) is 0 Å². The van der Waals surface area contributed by atoms with Gasteiger partial charge in [-0.25, -0.2) is 0 Å². The van der Waals surface area contributed by atoms with Crippen LogP contribution >= 0.6 is 27.3 Å². The van der Waals surface area contributed by atoms with E-state index in [0.29, 0.717) is 6.04 Å². The van der Waals surface area contributed by atoms with Crippen molar-refractivity contribution in [2.45, 2.75) is 25.4 Å². The van der Waals surface area contributed by atoms with Crippen molar-refractivity contribution in [1.82, 2.24) is 5.32 Å². The van der Waals surface area contributed by atoms with Crippen LogP contribution in [0, 0.1) is 0 Å². The maximum Gasteiger partial charge on any atom is 0.126 e. The second-order valence-corrected chi connectivity index (χ2v) is 5.78. The maximum absolute atomic E-state index is 5.54. The van der Waals surface area contributed by atoms with Gasteiger partial charge in [0.1, 0.15) is 5.76 Å². The van der Waals surface area contributed by atoms with Gasteiger partial charge in [-0.05, 0) is 46.3 Å². The van der Waals surface area contributed by atoms with Crippen molar-refractivity contribution in [3.63, 3.8) is 0 Å². The first-order valence-corrected chi connectivity index (χ1v) is 7.05. The minimum absolute atomic E-state index is 0.713. The van der Waals surface area contributed by atoms with E-state index in [4.69, 9.17) is 4.42 Å². The Morgan fingerprint density at radius 3 is 3.00 bits per heavy atom. The molecule has 1 N–H and O–H groups in total. The highest BCUT2D eigenvalue weighted by Crippen LogP contribution is 2.36. The van der Waals surface area contributed by atoms with E-state index in [2.05, 4.69) is 32.7 Å². The van der Waals surface area contributed by atoms with Crippen LogP contribution < -0.4 is 5.32 Å². The molecule has 2 nitrogen and oxygen atoms in total. The minimum atomic E-state index is 0.713. The number of rotatable bonds is 4. The van der Waals surface area contributed by atoms with Gasteiger partial charge in [0.05, 0.1) is 17.7 Å². The number of hydrogen-bond donors (Lipinski definition) is 1. The third-order valence-corrected chi connectivity index (χ3v) is 4.61. The van der Waals surface area contributed by atoms with Gasteiger partial charge in [0.2, 0.25) is 0 Å². The molecule has 0 bridgehead atoms. The summed E-state index contributed by atoms with van der Waals surface area (Å²) in [4.78, 5) is 1.25. The lowest BCUT2D eigenvalue weighted by atomic mass is 10.2. The lowest BCUT2D eigenvalue weighted by Gasteiger charge is -2.02. The Morgan fingerprint density at radius 2 is 2.31 bits per heavy atom. The summed E-state index contributed by atoms with van der Waals surface area (Å²) in [5.74, 6) is 1.04. The molecule has 0 amide bonds. The van der Waals surface area contributed by atoms with Crippen LogP contribution in [0.2, 0.25) is 0 Å². The van der Waals surface area contributed by atoms with E-state index in [1.807, 2.05) is 6.07 Å². The molecule has 2 aromatic heterocycles. The van der Waals surface area contributed by atoms with Gasteiger partial charge in [0, 0.05) is 16.1 Å². The fourth-order valence-corrected chi connectivity index (χ4v) is 3.32. The molecule has 3 rings (SSSR count). The fourth-order valence-electron chi connectivity index (χ4n) is 1.69. The Bertz CT molecular complexity index is 487. The third-order valence-electron chi connectivity index (χ3n) is 2.74. The van der Waals surface area contributed by atoms with Gasteiger partial charge in [0.25, 0.3) is 0 Å². The smallest absolute Gasteiger partial charge is 0.126 e. The molecule has 0 spiro atoms. The largest absolute Gasteiger partial charge is 0.467 e. The highest BCUT2D eigenvalue weighted by molar-refractivity contribution is 9.10. The van der Waals surface area contributed by atoms with Crippen molar-refractivity contribution in [2.75, 3.05) is 0 Å². The molecule has 0 radical (unpaired) electrons. The highest BCUT2D eigenvalue weighted by atomic mass is 79.9. The molecule has 0 unspecified atom stereocenters. The van der Waals surface area contributed by atoms with Crippen LogP contribution in [-0.2, 0) is 6.54 Å². The molecular weight excluding hydrogens is 286 g/mol. The third kappa shape index (κ3) is 2.10. The molecule has 0 aliphatic heterocycles. The molecule has 4 heteroatoms. The van der Waals surface area contributed by atoms with Crippen molar-refractivity contribution in [1.29, 1.82) is 0 Å². The highest BCUT2D eigenvalue weighted by Gasteiger charge is 2.21. The van der Waals surface area contributed by atoms with Crippen LogP contribution in [0.5, 0.6) is 0 Å². The summed E-state index contributed by atoms with van der Waals surface area (Å²) in [6, 6.07) is 4.83. The first-order chi connectivity index (χ1) is 7.84. The molecule has 1 saturated carbocycles. The lowest BCUT2D eigenvalue weighted by molar-refractivity contribution is 0.483. The fraction of sp³-hybridized carbons (Fsp3) is 0.333. The van der Waals surface area contributed by atoms with Crippen LogP contribution in [0.4, 0.5) is 0 Å². The molecule has 1 aliphatic carbocycles. The summed E-state index contributed by atoms with van der Waals surface area (Å²) < 4.78 is 6.69. The quantitative estimate of drug-likeness (QED) is 0.922. The molecule has 2 aromatic rings. The summed E-state index contributed by atoms with van der Waals surface area (Å²) in [6.45, 7) is 0.831. The average molecular weight is 298 g/mol. The molecule has 1 aliphatic rings. The number of furan rings is 1. The minimum Gasteiger partial charge on any atom is -0.467 e. The Morgan fingerprint density at radius 1 is 1.44 bits per heavy atom. The maximum atomic E-state index is 5.54. The Hall–Kier alpha value is -0.580. The van der Waals surface area contributed by atoms with E-state index in [1.165, 1.54) is 23.3 Å². The number of nitrogens with one attached hydrogen (secondary N) is 1. The van der Waals surface area contributed by atoms with Gasteiger partial charge in [-0.1, -0.05) is 0 Å². The van der Waals surface area contributed by atoms with E-state index in [0.717, 1.165) is 16.8 Å². The lowest BCUT2D eigenvalue weighted by Crippen LogP contribution is -2.15. The zero-order valence-electron chi connectivity index (χ0n) is 8.70. The first-order valence-electron chi connectivity index (χ1n) is 5.37. The topological polar surface area (TPSA) is 25.2 Å². The summed E-state index contributed by atoms with van der Waals surface area (Å²) in [6.07, 6.45) is 4.38.